The molecule has 0 bridgehead atoms. The van der Waals surface area contributed by atoms with Crippen LogP contribution in [-0.2, 0) is 17.8 Å². The van der Waals surface area contributed by atoms with Crippen molar-refractivity contribution in [1.29, 1.82) is 0 Å². The van der Waals surface area contributed by atoms with Crippen LogP contribution in [0.5, 0.6) is 5.75 Å². The topological polar surface area (TPSA) is 47.4 Å². The summed E-state index contributed by atoms with van der Waals surface area (Å²) in [5.41, 5.74) is 2.90. The highest BCUT2D eigenvalue weighted by Gasteiger charge is 2.17. The molecule has 5 nitrogen and oxygen atoms in total. The van der Waals surface area contributed by atoms with Gasteiger partial charge in [-0.3, -0.25) is 9.78 Å². The minimum Gasteiger partial charge on any atom is -0.434 e. The van der Waals surface area contributed by atoms with Gasteiger partial charge >= 0.3 is 6.61 Å². The van der Waals surface area contributed by atoms with Crippen LogP contribution in [0.15, 0.2) is 36.7 Å². The highest BCUT2D eigenvalue weighted by Crippen LogP contribution is 2.32. The third-order valence-electron chi connectivity index (χ3n) is 4.54. The number of rotatable bonds is 6. The number of likely N-dealkylation sites (N-methyl/N-ethyl adjacent to an activating group) is 1. The number of ether oxygens (including phenoxy) is 1. The maximum Gasteiger partial charge on any atom is 0.387 e. The van der Waals surface area contributed by atoms with Crippen LogP contribution in [0.25, 0.3) is 10.9 Å². The Morgan fingerprint density at radius 2 is 2.07 bits per heavy atom. The maximum absolute atomic E-state index is 12.8. The van der Waals surface area contributed by atoms with Crippen molar-refractivity contribution in [3.8, 4) is 5.75 Å². The van der Waals surface area contributed by atoms with Gasteiger partial charge in [0.25, 0.3) is 0 Å². The quantitative estimate of drug-likeness (QED) is 0.612. The van der Waals surface area contributed by atoms with Gasteiger partial charge in [-0.2, -0.15) is 8.78 Å². The zero-order chi connectivity index (χ0) is 20.4. The number of amides is 1. The molecule has 1 aromatic carbocycles. The lowest BCUT2D eigenvalue weighted by Gasteiger charge is -2.15. The first-order valence-electron chi connectivity index (χ1n) is 8.63. The van der Waals surface area contributed by atoms with E-state index in [1.54, 1.807) is 33.3 Å². The van der Waals surface area contributed by atoms with Crippen molar-refractivity contribution in [2.24, 2.45) is 0 Å². The van der Waals surface area contributed by atoms with Crippen LogP contribution in [0.4, 0.5) is 8.78 Å². The summed E-state index contributed by atoms with van der Waals surface area (Å²) in [7, 11) is 3.41. The van der Waals surface area contributed by atoms with Crippen molar-refractivity contribution in [3.05, 3.63) is 58.5 Å². The maximum atomic E-state index is 12.8. The van der Waals surface area contributed by atoms with Crippen LogP contribution in [0.2, 0.25) is 5.02 Å². The first kappa shape index (κ1) is 20.1. The molecular weight excluding hydrogens is 388 g/mol. The second-order valence-corrected chi connectivity index (χ2v) is 7.11. The number of nitrogens with zero attached hydrogens (tertiary/aromatic N) is 3. The normalized spacial score (nSPS) is 11.2. The number of hydrogen-bond acceptors (Lipinski definition) is 3. The summed E-state index contributed by atoms with van der Waals surface area (Å²) in [6.45, 7) is -0.946. The Balaban J connectivity index is 2.00. The molecule has 3 rings (SSSR count). The van der Waals surface area contributed by atoms with Gasteiger partial charge in [0.1, 0.15) is 12.3 Å². The fraction of sp³-hybridized carbons (Fsp3) is 0.300. The number of carbonyl (C=O) groups excluding carboxylic acids is 1. The molecule has 2 aromatic heterocycles. The van der Waals surface area contributed by atoms with Gasteiger partial charge in [-0.05, 0) is 36.8 Å². The van der Waals surface area contributed by atoms with Crippen LogP contribution in [0.3, 0.4) is 0 Å². The smallest absolute Gasteiger partial charge is 0.387 e. The molecule has 0 aliphatic carbocycles. The number of halogens is 3. The van der Waals surface area contributed by atoms with Gasteiger partial charge < -0.3 is 14.2 Å². The van der Waals surface area contributed by atoms with Crippen LogP contribution in [0, 0.1) is 6.92 Å². The monoisotopic (exact) mass is 407 g/mol. The molecule has 0 radical (unpaired) electrons. The molecule has 2 heterocycles. The van der Waals surface area contributed by atoms with E-state index in [2.05, 4.69) is 9.72 Å². The lowest BCUT2D eigenvalue weighted by molar-refractivity contribution is -0.129. The number of fused-ring (bicyclic) bond motifs is 1. The molecule has 0 aliphatic rings. The number of carbonyl (C=O) groups is 1. The molecule has 0 saturated heterocycles. The molecule has 148 valence electrons. The summed E-state index contributed by atoms with van der Waals surface area (Å²) >= 11 is 6.00. The lowest BCUT2D eigenvalue weighted by Crippen LogP contribution is -2.25. The third kappa shape index (κ3) is 4.25. The molecule has 0 spiro atoms. The Bertz CT molecular complexity index is 1020. The average Bonchev–Trinajstić information content (AvgIpc) is 3.01. The van der Waals surface area contributed by atoms with E-state index >= 15 is 0 Å². The van der Waals surface area contributed by atoms with Crippen molar-refractivity contribution >= 4 is 28.4 Å². The summed E-state index contributed by atoms with van der Waals surface area (Å²) in [6.07, 6.45) is 3.77. The number of aryl methyl sites for hydroxylation is 1. The Labute approximate surface area is 166 Å². The lowest BCUT2D eigenvalue weighted by atomic mass is 10.0. The summed E-state index contributed by atoms with van der Waals surface area (Å²) in [4.78, 5) is 18.0. The summed E-state index contributed by atoms with van der Waals surface area (Å²) in [5.74, 6) is 0.0121. The van der Waals surface area contributed by atoms with E-state index in [1.165, 1.54) is 11.0 Å². The van der Waals surface area contributed by atoms with Crippen LogP contribution in [0.1, 0.15) is 16.8 Å². The number of alkyl halides is 2. The van der Waals surface area contributed by atoms with Crippen molar-refractivity contribution < 1.29 is 18.3 Å². The van der Waals surface area contributed by atoms with Gasteiger partial charge in [0, 0.05) is 48.9 Å². The average molecular weight is 408 g/mol. The predicted molar refractivity (Wildman–Crippen MR) is 104 cm³/mol. The van der Waals surface area contributed by atoms with E-state index in [9.17, 15) is 13.6 Å². The molecule has 3 aromatic rings. The van der Waals surface area contributed by atoms with E-state index < -0.39 is 6.61 Å². The van der Waals surface area contributed by atoms with E-state index in [-0.39, 0.29) is 18.2 Å². The Morgan fingerprint density at radius 3 is 2.75 bits per heavy atom. The fourth-order valence-corrected chi connectivity index (χ4v) is 3.35. The van der Waals surface area contributed by atoms with E-state index in [0.717, 1.165) is 16.5 Å². The third-order valence-corrected chi connectivity index (χ3v) is 4.76. The van der Waals surface area contributed by atoms with Crippen LogP contribution >= 0.6 is 11.6 Å². The fourth-order valence-electron chi connectivity index (χ4n) is 3.09. The van der Waals surface area contributed by atoms with Crippen molar-refractivity contribution in [3.63, 3.8) is 0 Å². The molecule has 28 heavy (non-hydrogen) atoms. The van der Waals surface area contributed by atoms with Gasteiger partial charge in [-0.1, -0.05) is 11.6 Å². The van der Waals surface area contributed by atoms with E-state index in [0.29, 0.717) is 22.7 Å². The number of hydrogen-bond donors (Lipinski definition) is 0. The highest BCUT2D eigenvalue weighted by atomic mass is 35.5. The Hall–Kier alpha value is -2.67. The first-order chi connectivity index (χ1) is 13.3. The molecule has 1 amide bonds. The summed E-state index contributed by atoms with van der Waals surface area (Å²) in [5, 5.41) is 1.18. The van der Waals surface area contributed by atoms with Gasteiger partial charge in [-0.25, -0.2) is 0 Å². The van der Waals surface area contributed by atoms with Crippen molar-refractivity contribution in [2.75, 3.05) is 14.1 Å². The molecule has 0 unspecified atom stereocenters. The molecule has 0 aliphatic heterocycles. The van der Waals surface area contributed by atoms with E-state index in [1.807, 2.05) is 22.9 Å². The standard InChI is InChI=1S/C20H20ClF2N3O2/c1-12-8-13(21)9-18(28-20(22)23)15(12)10-16-14-5-7-26(11-19(27)25(2)3)17(14)4-6-24-16/h4-9,20H,10-11H2,1-3H3. The minimum absolute atomic E-state index is 0.0305. The number of aromatic nitrogens is 2. The second-order valence-electron chi connectivity index (χ2n) is 6.68. The molecule has 0 fully saturated rings. The minimum atomic E-state index is -2.95. The largest absolute Gasteiger partial charge is 0.434 e. The molecule has 0 atom stereocenters. The second kappa shape index (κ2) is 8.14. The van der Waals surface area contributed by atoms with Gasteiger partial charge in [0.05, 0.1) is 11.2 Å². The molecule has 0 saturated carbocycles. The van der Waals surface area contributed by atoms with Crippen molar-refractivity contribution in [2.45, 2.75) is 26.5 Å². The van der Waals surface area contributed by atoms with Crippen LogP contribution < -0.4 is 4.74 Å². The number of benzene rings is 1. The SMILES string of the molecule is Cc1cc(Cl)cc(OC(F)F)c1Cc1nccc2c1ccn2CC(=O)N(C)C. The van der Waals surface area contributed by atoms with Gasteiger partial charge in [-0.15, -0.1) is 0 Å². The predicted octanol–water partition coefficient (Wildman–Crippen LogP) is 4.28. The Kier molecular flexibility index (Phi) is 5.84. The van der Waals surface area contributed by atoms with Crippen molar-refractivity contribution in [1.82, 2.24) is 14.5 Å². The molecule has 0 N–H and O–H groups in total. The van der Waals surface area contributed by atoms with Crippen LogP contribution in [-0.4, -0.2) is 41.1 Å². The zero-order valence-electron chi connectivity index (χ0n) is 15.7. The highest BCUT2D eigenvalue weighted by molar-refractivity contribution is 6.30. The molecular formula is C20H20ClF2N3O2. The number of pyridine rings is 1. The zero-order valence-corrected chi connectivity index (χ0v) is 16.5. The molecule has 8 heteroatoms. The Morgan fingerprint density at radius 1 is 1.32 bits per heavy atom. The van der Waals surface area contributed by atoms with Gasteiger partial charge in [0.2, 0.25) is 5.91 Å². The summed E-state index contributed by atoms with van der Waals surface area (Å²) < 4.78 is 32.2. The summed E-state index contributed by atoms with van der Waals surface area (Å²) in [6, 6.07) is 6.79. The van der Waals surface area contributed by atoms with Gasteiger partial charge in [0.15, 0.2) is 0 Å². The van der Waals surface area contributed by atoms with E-state index in [4.69, 9.17) is 11.6 Å². The first-order valence-corrected chi connectivity index (χ1v) is 9.00.